The molecule has 96 valence electrons. The van der Waals surface area contributed by atoms with Crippen LogP contribution in [0.4, 0.5) is 0 Å². The maximum atomic E-state index is 12.3. The number of carbonyl (C=O) groups excluding carboxylic acids is 1. The highest BCUT2D eigenvalue weighted by Crippen LogP contribution is 2.35. The molecule has 3 rings (SSSR count). The first-order chi connectivity index (χ1) is 8.60. The lowest BCUT2D eigenvalue weighted by Gasteiger charge is -2.56. The van der Waals surface area contributed by atoms with Gasteiger partial charge >= 0.3 is 0 Å². The normalized spacial score (nSPS) is 20.7. The number of hydrogen-bond acceptors (Lipinski definition) is 2. The third-order valence-corrected chi connectivity index (χ3v) is 4.14. The number of nitrogens with one attached hydrogen (secondary N) is 1. The Kier molecular flexibility index (Phi) is 2.67. The van der Waals surface area contributed by atoms with Crippen LogP contribution in [0.25, 0.3) is 0 Å². The van der Waals surface area contributed by atoms with Crippen LogP contribution in [0.3, 0.4) is 0 Å². The van der Waals surface area contributed by atoms with Gasteiger partial charge < -0.3 is 10.2 Å². The molecule has 2 saturated heterocycles. The first-order valence-corrected chi connectivity index (χ1v) is 6.70. The summed E-state index contributed by atoms with van der Waals surface area (Å²) < 4.78 is 0. The van der Waals surface area contributed by atoms with Crippen molar-refractivity contribution in [3.05, 3.63) is 35.4 Å². The maximum absolute atomic E-state index is 12.3. The van der Waals surface area contributed by atoms with Crippen molar-refractivity contribution in [1.29, 1.82) is 0 Å². The van der Waals surface area contributed by atoms with Gasteiger partial charge in [0.15, 0.2) is 0 Å². The van der Waals surface area contributed by atoms with E-state index in [1.165, 1.54) is 5.56 Å². The molecule has 2 aliphatic rings. The predicted molar refractivity (Wildman–Crippen MR) is 71.7 cm³/mol. The fourth-order valence-electron chi connectivity index (χ4n) is 2.82. The van der Waals surface area contributed by atoms with Crippen LogP contribution in [0, 0.1) is 5.41 Å². The van der Waals surface area contributed by atoms with Crippen molar-refractivity contribution < 1.29 is 4.79 Å². The van der Waals surface area contributed by atoms with Crippen molar-refractivity contribution in [3.8, 4) is 0 Å². The molecular formula is C15H20N2O. The van der Waals surface area contributed by atoms with E-state index >= 15 is 0 Å². The van der Waals surface area contributed by atoms with E-state index in [4.69, 9.17) is 0 Å². The molecule has 3 nitrogen and oxygen atoms in total. The Morgan fingerprint density at radius 3 is 2.61 bits per heavy atom. The van der Waals surface area contributed by atoms with Gasteiger partial charge in [-0.2, -0.15) is 0 Å². The molecule has 1 aromatic carbocycles. The summed E-state index contributed by atoms with van der Waals surface area (Å²) in [6.07, 6.45) is 0. The molecule has 3 heteroatoms. The lowest BCUT2D eigenvalue weighted by atomic mass is 9.74. The van der Waals surface area contributed by atoms with Crippen LogP contribution in [-0.4, -0.2) is 37.0 Å². The Balaban J connectivity index is 1.71. The molecule has 0 aliphatic carbocycles. The summed E-state index contributed by atoms with van der Waals surface area (Å²) in [6, 6.07) is 8.05. The highest BCUT2D eigenvalue weighted by Gasteiger charge is 2.49. The van der Waals surface area contributed by atoms with Crippen LogP contribution >= 0.6 is 0 Å². The van der Waals surface area contributed by atoms with E-state index in [9.17, 15) is 4.79 Å². The SMILES string of the molecule is CC(C)c1cccc(C(=O)N2CC3(CNC3)C2)c1. The summed E-state index contributed by atoms with van der Waals surface area (Å²) >= 11 is 0. The van der Waals surface area contributed by atoms with Crippen LogP contribution in [0.2, 0.25) is 0 Å². The molecule has 2 aliphatic heterocycles. The largest absolute Gasteiger partial charge is 0.337 e. The van der Waals surface area contributed by atoms with Crippen LogP contribution in [0.5, 0.6) is 0 Å². The lowest BCUT2D eigenvalue weighted by molar-refractivity contribution is -0.0248. The van der Waals surface area contributed by atoms with Crippen molar-refractivity contribution >= 4 is 5.91 Å². The number of hydrogen-bond donors (Lipinski definition) is 1. The Labute approximate surface area is 108 Å². The average molecular weight is 244 g/mol. The Morgan fingerprint density at radius 2 is 2.06 bits per heavy atom. The summed E-state index contributed by atoms with van der Waals surface area (Å²) in [5.41, 5.74) is 2.48. The van der Waals surface area contributed by atoms with Crippen LogP contribution < -0.4 is 5.32 Å². The molecule has 0 radical (unpaired) electrons. The number of rotatable bonds is 2. The molecule has 0 aromatic heterocycles. The summed E-state index contributed by atoms with van der Waals surface area (Å²) in [4.78, 5) is 14.3. The summed E-state index contributed by atoms with van der Waals surface area (Å²) in [5, 5.41) is 3.29. The average Bonchev–Trinajstić information content (AvgIpc) is 2.25. The van der Waals surface area contributed by atoms with E-state index in [0.717, 1.165) is 31.7 Å². The van der Waals surface area contributed by atoms with Gasteiger partial charge in [-0.05, 0) is 23.6 Å². The summed E-state index contributed by atoms with van der Waals surface area (Å²) in [7, 11) is 0. The zero-order valence-corrected chi connectivity index (χ0v) is 11.1. The van der Waals surface area contributed by atoms with E-state index in [1.807, 2.05) is 23.1 Å². The minimum atomic E-state index is 0.190. The molecule has 18 heavy (non-hydrogen) atoms. The Bertz CT molecular complexity index is 469. The van der Waals surface area contributed by atoms with Gasteiger partial charge in [-0.1, -0.05) is 26.0 Å². The number of amides is 1. The molecule has 1 N–H and O–H groups in total. The van der Waals surface area contributed by atoms with Crippen molar-refractivity contribution in [2.75, 3.05) is 26.2 Å². The second-order valence-electron chi connectivity index (χ2n) is 6.04. The van der Waals surface area contributed by atoms with E-state index in [-0.39, 0.29) is 5.91 Å². The van der Waals surface area contributed by atoms with E-state index in [0.29, 0.717) is 11.3 Å². The zero-order chi connectivity index (χ0) is 12.8. The first kappa shape index (κ1) is 11.7. The van der Waals surface area contributed by atoms with E-state index in [2.05, 4.69) is 25.2 Å². The standard InChI is InChI=1S/C15H20N2O/c1-11(2)12-4-3-5-13(6-12)14(18)17-9-15(10-17)7-16-8-15/h3-6,11,16H,7-10H2,1-2H3. The van der Waals surface area contributed by atoms with E-state index in [1.54, 1.807) is 0 Å². The van der Waals surface area contributed by atoms with Gasteiger partial charge in [0.1, 0.15) is 0 Å². The fraction of sp³-hybridized carbons (Fsp3) is 0.533. The molecule has 0 unspecified atom stereocenters. The second-order valence-corrected chi connectivity index (χ2v) is 6.04. The quantitative estimate of drug-likeness (QED) is 0.861. The molecule has 2 heterocycles. The van der Waals surface area contributed by atoms with Gasteiger partial charge in [-0.15, -0.1) is 0 Å². The van der Waals surface area contributed by atoms with Crippen molar-refractivity contribution in [3.63, 3.8) is 0 Å². The lowest BCUT2D eigenvalue weighted by Crippen LogP contribution is -2.71. The van der Waals surface area contributed by atoms with Gasteiger partial charge in [0.2, 0.25) is 0 Å². The van der Waals surface area contributed by atoms with Crippen LogP contribution in [0.15, 0.2) is 24.3 Å². The van der Waals surface area contributed by atoms with Gasteiger partial charge in [0, 0.05) is 37.2 Å². The minimum Gasteiger partial charge on any atom is -0.337 e. The molecule has 0 saturated carbocycles. The highest BCUT2D eigenvalue weighted by atomic mass is 16.2. The van der Waals surface area contributed by atoms with Gasteiger partial charge in [0.05, 0.1) is 0 Å². The molecule has 1 aromatic rings. The summed E-state index contributed by atoms with van der Waals surface area (Å²) in [5.74, 6) is 0.659. The van der Waals surface area contributed by atoms with Gasteiger partial charge in [0.25, 0.3) is 5.91 Å². The molecule has 1 spiro atoms. The monoisotopic (exact) mass is 244 g/mol. The Hall–Kier alpha value is -1.35. The minimum absolute atomic E-state index is 0.190. The van der Waals surface area contributed by atoms with Gasteiger partial charge in [-0.25, -0.2) is 0 Å². The molecule has 1 amide bonds. The number of carbonyl (C=O) groups is 1. The number of likely N-dealkylation sites (tertiary alicyclic amines) is 1. The smallest absolute Gasteiger partial charge is 0.253 e. The second kappa shape index (κ2) is 4.09. The molecular weight excluding hydrogens is 224 g/mol. The number of benzene rings is 1. The summed E-state index contributed by atoms with van der Waals surface area (Å²) in [6.45, 7) is 8.30. The van der Waals surface area contributed by atoms with Crippen molar-refractivity contribution in [2.45, 2.75) is 19.8 Å². The third kappa shape index (κ3) is 1.83. The Morgan fingerprint density at radius 1 is 1.33 bits per heavy atom. The fourth-order valence-corrected chi connectivity index (χ4v) is 2.82. The van der Waals surface area contributed by atoms with Gasteiger partial charge in [-0.3, -0.25) is 4.79 Å². The topological polar surface area (TPSA) is 32.3 Å². The van der Waals surface area contributed by atoms with E-state index < -0.39 is 0 Å². The number of nitrogens with zero attached hydrogens (tertiary/aromatic N) is 1. The maximum Gasteiger partial charge on any atom is 0.253 e. The molecule has 2 fully saturated rings. The van der Waals surface area contributed by atoms with Crippen molar-refractivity contribution in [2.24, 2.45) is 5.41 Å². The van der Waals surface area contributed by atoms with Crippen LogP contribution in [-0.2, 0) is 0 Å². The van der Waals surface area contributed by atoms with Crippen LogP contribution in [0.1, 0.15) is 35.7 Å². The molecule has 0 atom stereocenters. The zero-order valence-electron chi connectivity index (χ0n) is 11.1. The predicted octanol–water partition coefficient (Wildman–Crippen LogP) is 1.86. The molecule has 0 bridgehead atoms. The third-order valence-electron chi connectivity index (χ3n) is 4.14. The first-order valence-electron chi connectivity index (χ1n) is 6.70. The highest BCUT2D eigenvalue weighted by molar-refractivity contribution is 5.95. The van der Waals surface area contributed by atoms with Crippen molar-refractivity contribution in [1.82, 2.24) is 10.2 Å².